The second-order valence-electron chi connectivity index (χ2n) is 6.26. The molecule has 1 aliphatic carbocycles. The van der Waals surface area contributed by atoms with Crippen molar-refractivity contribution in [2.75, 3.05) is 13.6 Å². The lowest BCUT2D eigenvalue weighted by Crippen LogP contribution is -2.39. The fourth-order valence-electron chi connectivity index (χ4n) is 2.95. The van der Waals surface area contributed by atoms with Gasteiger partial charge in [0.25, 0.3) is 5.91 Å². The van der Waals surface area contributed by atoms with E-state index in [9.17, 15) is 9.59 Å². The molecule has 2 rings (SSSR count). The summed E-state index contributed by atoms with van der Waals surface area (Å²) < 4.78 is 5.01. The van der Waals surface area contributed by atoms with E-state index in [2.05, 4.69) is 12.2 Å². The molecule has 5 nitrogen and oxygen atoms in total. The van der Waals surface area contributed by atoms with E-state index in [0.29, 0.717) is 31.2 Å². The molecule has 0 unspecified atom stereocenters. The average molecular weight is 306 g/mol. The standard InChI is InChI=1S/C17H26N2O3/c1-13-7-9-14(10-8-13)19(2)16(20)6-3-11-18-17(21)15-5-4-12-22-15/h4-5,12-14H,3,6-11H2,1-2H3,(H,18,21). The Kier molecular flexibility index (Phi) is 6.04. The van der Waals surface area contributed by atoms with Crippen LogP contribution in [0.5, 0.6) is 0 Å². The van der Waals surface area contributed by atoms with Gasteiger partial charge in [0, 0.05) is 26.1 Å². The molecule has 1 saturated carbocycles. The zero-order valence-corrected chi connectivity index (χ0v) is 13.5. The second kappa shape index (κ2) is 8.01. The lowest BCUT2D eigenvalue weighted by atomic mass is 9.86. The number of furan rings is 1. The van der Waals surface area contributed by atoms with E-state index in [-0.39, 0.29) is 11.8 Å². The van der Waals surface area contributed by atoms with Crippen LogP contribution in [0.15, 0.2) is 22.8 Å². The summed E-state index contributed by atoms with van der Waals surface area (Å²) in [7, 11) is 1.91. The van der Waals surface area contributed by atoms with E-state index in [0.717, 1.165) is 18.8 Å². The first kappa shape index (κ1) is 16.6. The van der Waals surface area contributed by atoms with Crippen LogP contribution in [-0.4, -0.2) is 36.3 Å². The number of rotatable bonds is 6. The van der Waals surface area contributed by atoms with Gasteiger partial charge < -0.3 is 14.6 Å². The minimum atomic E-state index is -0.230. The Morgan fingerprint density at radius 2 is 2.05 bits per heavy atom. The van der Waals surface area contributed by atoms with Crippen LogP contribution in [0.3, 0.4) is 0 Å². The third-order valence-electron chi connectivity index (χ3n) is 4.52. The van der Waals surface area contributed by atoms with Crippen molar-refractivity contribution in [2.24, 2.45) is 5.92 Å². The maximum Gasteiger partial charge on any atom is 0.286 e. The molecular weight excluding hydrogens is 280 g/mol. The molecule has 0 spiro atoms. The third-order valence-corrected chi connectivity index (χ3v) is 4.52. The Balaban J connectivity index is 1.64. The predicted molar refractivity (Wildman–Crippen MR) is 84.5 cm³/mol. The molecule has 0 atom stereocenters. The van der Waals surface area contributed by atoms with Crippen LogP contribution < -0.4 is 5.32 Å². The molecule has 1 fully saturated rings. The summed E-state index contributed by atoms with van der Waals surface area (Å²) >= 11 is 0. The lowest BCUT2D eigenvalue weighted by Gasteiger charge is -2.33. The maximum atomic E-state index is 12.2. The highest BCUT2D eigenvalue weighted by molar-refractivity contribution is 5.91. The number of carbonyl (C=O) groups is 2. The van der Waals surface area contributed by atoms with Gasteiger partial charge in [-0.3, -0.25) is 9.59 Å². The van der Waals surface area contributed by atoms with Gasteiger partial charge in [0.1, 0.15) is 0 Å². The summed E-state index contributed by atoms with van der Waals surface area (Å²) in [5.74, 6) is 1.04. The lowest BCUT2D eigenvalue weighted by molar-refractivity contribution is -0.132. The average Bonchev–Trinajstić information content (AvgIpc) is 3.05. The smallest absolute Gasteiger partial charge is 0.286 e. The van der Waals surface area contributed by atoms with Crippen LogP contribution in [0.25, 0.3) is 0 Å². The highest BCUT2D eigenvalue weighted by Crippen LogP contribution is 2.26. The van der Waals surface area contributed by atoms with Crippen LogP contribution in [0.1, 0.15) is 56.0 Å². The van der Waals surface area contributed by atoms with Crippen LogP contribution >= 0.6 is 0 Å². The van der Waals surface area contributed by atoms with E-state index >= 15 is 0 Å². The Morgan fingerprint density at radius 1 is 1.32 bits per heavy atom. The molecule has 2 amide bonds. The predicted octanol–water partition coefficient (Wildman–Crippen LogP) is 2.83. The molecule has 1 heterocycles. The maximum absolute atomic E-state index is 12.2. The number of amides is 2. The largest absolute Gasteiger partial charge is 0.459 e. The zero-order chi connectivity index (χ0) is 15.9. The number of nitrogens with one attached hydrogen (secondary N) is 1. The Bertz CT molecular complexity index is 476. The van der Waals surface area contributed by atoms with Gasteiger partial charge in [-0.15, -0.1) is 0 Å². The molecule has 5 heteroatoms. The summed E-state index contributed by atoms with van der Waals surface area (Å²) in [6.07, 6.45) is 7.23. The van der Waals surface area contributed by atoms with E-state index in [4.69, 9.17) is 4.42 Å². The van der Waals surface area contributed by atoms with Gasteiger partial charge in [-0.25, -0.2) is 0 Å². The highest BCUT2D eigenvalue weighted by Gasteiger charge is 2.24. The molecule has 1 aromatic rings. The Morgan fingerprint density at radius 3 is 2.68 bits per heavy atom. The van der Waals surface area contributed by atoms with Crippen LogP contribution in [0, 0.1) is 5.92 Å². The first-order valence-electron chi connectivity index (χ1n) is 8.15. The molecule has 1 aliphatic rings. The van der Waals surface area contributed by atoms with Crippen molar-refractivity contribution in [1.82, 2.24) is 10.2 Å². The minimum Gasteiger partial charge on any atom is -0.459 e. The van der Waals surface area contributed by atoms with Gasteiger partial charge in [-0.1, -0.05) is 6.92 Å². The molecular formula is C17H26N2O3. The summed E-state index contributed by atoms with van der Waals surface area (Å²) in [5.41, 5.74) is 0. The highest BCUT2D eigenvalue weighted by atomic mass is 16.3. The molecule has 0 saturated heterocycles. The summed E-state index contributed by atoms with van der Waals surface area (Å²) in [4.78, 5) is 25.8. The summed E-state index contributed by atoms with van der Waals surface area (Å²) in [5, 5.41) is 2.76. The number of hydrogen-bond donors (Lipinski definition) is 1. The van der Waals surface area contributed by atoms with Crippen molar-refractivity contribution < 1.29 is 14.0 Å². The molecule has 0 bridgehead atoms. The van der Waals surface area contributed by atoms with Crippen LogP contribution in [0.2, 0.25) is 0 Å². The van der Waals surface area contributed by atoms with Crippen molar-refractivity contribution >= 4 is 11.8 Å². The quantitative estimate of drug-likeness (QED) is 0.822. The summed E-state index contributed by atoms with van der Waals surface area (Å²) in [6, 6.07) is 3.69. The fourth-order valence-corrected chi connectivity index (χ4v) is 2.95. The Labute approximate surface area is 132 Å². The van der Waals surface area contributed by atoms with Crippen molar-refractivity contribution in [1.29, 1.82) is 0 Å². The Hall–Kier alpha value is -1.78. The van der Waals surface area contributed by atoms with Crippen LogP contribution in [-0.2, 0) is 4.79 Å². The summed E-state index contributed by atoms with van der Waals surface area (Å²) in [6.45, 7) is 2.76. The van der Waals surface area contributed by atoms with Gasteiger partial charge in [0.2, 0.25) is 5.91 Å². The monoisotopic (exact) mass is 306 g/mol. The zero-order valence-electron chi connectivity index (χ0n) is 13.5. The molecule has 122 valence electrons. The number of hydrogen-bond acceptors (Lipinski definition) is 3. The molecule has 0 aliphatic heterocycles. The van der Waals surface area contributed by atoms with Crippen LogP contribution in [0.4, 0.5) is 0 Å². The minimum absolute atomic E-state index is 0.173. The SMILES string of the molecule is CC1CCC(N(C)C(=O)CCCNC(=O)c2ccco2)CC1. The first-order chi connectivity index (χ1) is 10.6. The molecule has 1 aromatic heterocycles. The van der Waals surface area contributed by atoms with E-state index in [1.165, 1.54) is 19.1 Å². The van der Waals surface area contributed by atoms with Gasteiger partial charge in [-0.05, 0) is 50.2 Å². The van der Waals surface area contributed by atoms with E-state index in [1.54, 1.807) is 12.1 Å². The topological polar surface area (TPSA) is 62.6 Å². The van der Waals surface area contributed by atoms with Crippen molar-refractivity contribution in [3.8, 4) is 0 Å². The second-order valence-corrected chi connectivity index (χ2v) is 6.26. The third kappa shape index (κ3) is 4.61. The number of nitrogens with zero attached hydrogens (tertiary/aromatic N) is 1. The fraction of sp³-hybridized carbons (Fsp3) is 0.647. The molecule has 0 radical (unpaired) electrons. The normalized spacial score (nSPS) is 21.4. The van der Waals surface area contributed by atoms with Crippen molar-refractivity contribution in [3.05, 3.63) is 24.2 Å². The van der Waals surface area contributed by atoms with Gasteiger partial charge >= 0.3 is 0 Å². The molecule has 1 N–H and O–H groups in total. The first-order valence-corrected chi connectivity index (χ1v) is 8.15. The van der Waals surface area contributed by atoms with E-state index in [1.807, 2.05) is 11.9 Å². The van der Waals surface area contributed by atoms with Crippen molar-refractivity contribution in [2.45, 2.75) is 51.5 Å². The van der Waals surface area contributed by atoms with Gasteiger partial charge in [0.05, 0.1) is 6.26 Å². The van der Waals surface area contributed by atoms with Gasteiger partial charge in [-0.2, -0.15) is 0 Å². The number of carbonyl (C=O) groups excluding carboxylic acids is 2. The van der Waals surface area contributed by atoms with E-state index < -0.39 is 0 Å². The molecule has 22 heavy (non-hydrogen) atoms. The van der Waals surface area contributed by atoms with Gasteiger partial charge in [0.15, 0.2) is 5.76 Å². The molecule has 0 aromatic carbocycles. The van der Waals surface area contributed by atoms with Crippen molar-refractivity contribution in [3.63, 3.8) is 0 Å².